The predicted octanol–water partition coefficient (Wildman–Crippen LogP) is 1.65. The molecular weight excluding hydrogens is 162 g/mol. The van der Waals surface area contributed by atoms with E-state index in [2.05, 4.69) is 11.8 Å². The average Bonchev–Trinajstić information content (AvgIpc) is 2.69. The lowest BCUT2D eigenvalue weighted by molar-refractivity contribution is -0.143. The molecule has 1 heterocycles. The van der Waals surface area contributed by atoms with Crippen LogP contribution in [0.5, 0.6) is 0 Å². The predicted molar refractivity (Wildman–Crippen MR) is 50.1 cm³/mol. The number of amides is 1. The Morgan fingerprint density at radius 1 is 1.38 bits per heavy atom. The highest BCUT2D eigenvalue weighted by Gasteiger charge is 2.50. The van der Waals surface area contributed by atoms with Crippen molar-refractivity contribution in [3.05, 3.63) is 0 Å². The van der Waals surface area contributed by atoms with Crippen LogP contribution < -0.4 is 0 Å². The lowest BCUT2D eigenvalue weighted by Gasteiger charge is -2.44. The highest BCUT2D eigenvalue weighted by atomic mass is 16.2. The highest BCUT2D eigenvalue weighted by molar-refractivity contribution is 5.82. The molecule has 4 unspecified atom stereocenters. The van der Waals surface area contributed by atoms with Gasteiger partial charge in [0.05, 0.1) is 0 Å². The number of rotatable bonds is 1. The van der Waals surface area contributed by atoms with E-state index in [-0.39, 0.29) is 0 Å². The average molecular weight is 179 g/mol. The van der Waals surface area contributed by atoms with E-state index in [1.54, 1.807) is 0 Å². The molecule has 1 saturated heterocycles. The van der Waals surface area contributed by atoms with Gasteiger partial charge >= 0.3 is 0 Å². The molecule has 0 bridgehead atoms. The normalized spacial score (nSPS) is 47.0. The summed E-state index contributed by atoms with van der Waals surface area (Å²) in [5.41, 5.74) is 0. The van der Waals surface area contributed by atoms with Crippen LogP contribution in [0.2, 0.25) is 0 Å². The molecule has 2 saturated carbocycles. The van der Waals surface area contributed by atoms with Gasteiger partial charge in [0.2, 0.25) is 5.91 Å². The first kappa shape index (κ1) is 7.84. The van der Waals surface area contributed by atoms with Crippen LogP contribution in [-0.4, -0.2) is 23.4 Å². The molecule has 3 fully saturated rings. The summed E-state index contributed by atoms with van der Waals surface area (Å²) in [7, 11) is 0. The number of hydrogen-bond donors (Lipinski definition) is 0. The summed E-state index contributed by atoms with van der Waals surface area (Å²) in [4.78, 5) is 14.0. The summed E-state index contributed by atoms with van der Waals surface area (Å²) in [6.45, 7) is 3.27. The van der Waals surface area contributed by atoms with Crippen molar-refractivity contribution in [3.8, 4) is 0 Å². The fourth-order valence-corrected chi connectivity index (χ4v) is 3.02. The van der Waals surface area contributed by atoms with Crippen molar-refractivity contribution in [2.45, 2.75) is 38.6 Å². The third-order valence-electron chi connectivity index (χ3n) is 4.16. The molecule has 72 valence electrons. The molecule has 2 nitrogen and oxygen atoms in total. The molecule has 13 heavy (non-hydrogen) atoms. The number of carbonyl (C=O) groups excluding carboxylic acids is 1. The van der Waals surface area contributed by atoms with Crippen LogP contribution in [0, 0.1) is 17.8 Å². The fourth-order valence-electron chi connectivity index (χ4n) is 3.02. The van der Waals surface area contributed by atoms with Crippen molar-refractivity contribution in [3.63, 3.8) is 0 Å². The summed E-state index contributed by atoms with van der Waals surface area (Å²) in [5.74, 6) is 2.42. The van der Waals surface area contributed by atoms with Crippen molar-refractivity contribution >= 4 is 5.91 Å². The summed E-state index contributed by atoms with van der Waals surface area (Å²) in [6.07, 6.45) is 5.14. The van der Waals surface area contributed by atoms with Crippen molar-refractivity contribution < 1.29 is 4.79 Å². The molecule has 1 amide bonds. The monoisotopic (exact) mass is 179 g/mol. The summed E-state index contributed by atoms with van der Waals surface area (Å²) >= 11 is 0. The zero-order valence-corrected chi connectivity index (χ0v) is 8.20. The molecule has 0 aromatic carbocycles. The van der Waals surface area contributed by atoms with Gasteiger partial charge in [-0.2, -0.15) is 0 Å². The van der Waals surface area contributed by atoms with Crippen molar-refractivity contribution in [1.29, 1.82) is 0 Å². The van der Waals surface area contributed by atoms with Crippen LogP contribution in [0.25, 0.3) is 0 Å². The van der Waals surface area contributed by atoms with Crippen LogP contribution in [0.1, 0.15) is 32.6 Å². The van der Waals surface area contributed by atoms with Gasteiger partial charge in [0.1, 0.15) is 0 Å². The van der Waals surface area contributed by atoms with Gasteiger partial charge in [-0.25, -0.2) is 0 Å². The Kier molecular flexibility index (Phi) is 1.50. The van der Waals surface area contributed by atoms with Crippen LogP contribution in [0.4, 0.5) is 0 Å². The molecular formula is C11H17NO. The molecule has 4 atom stereocenters. The van der Waals surface area contributed by atoms with Gasteiger partial charge in [-0.1, -0.05) is 13.3 Å². The first-order valence-corrected chi connectivity index (χ1v) is 5.58. The largest absolute Gasteiger partial charge is 0.339 e. The third kappa shape index (κ3) is 1.04. The zero-order chi connectivity index (χ0) is 9.00. The minimum Gasteiger partial charge on any atom is -0.339 e. The summed E-state index contributed by atoms with van der Waals surface area (Å²) < 4.78 is 0. The standard InChI is InChI=1S/C11H17NO/c1-7-5-9(7)11(13)12-6-8-3-2-4-10(8)12/h7-10H,2-6H2,1H3. The van der Waals surface area contributed by atoms with Gasteiger partial charge in [0.25, 0.3) is 0 Å². The van der Waals surface area contributed by atoms with Gasteiger partial charge in [-0.15, -0.1) is 0 Å². The molecule has 1 aliphatic heterocycles. The minimum atomic E-state index is 0.404. The number of likely N-dealkylation sites (tertiary alicyclic amines) is 1. The Labute approximate surface area is 79.3 Å². The van der Waals surface area contributed by atoms with Crippen molar-refractivity contribution in [2.75, 3.05) is 6.54 Å². The molecule has 0 radical (unpaired) electrons. The van der Waals surface area contributed by atoms with Crippen LogP contribution in [-0.2, 0) is 4.79 Å². The maximum Gasteiger partial charge on any atom is 0.226 e. The van der Waals surface area contributed by atoms with Crippen LogP contribution in [0.15, 0.2) is 0 Å². The van der Waals surface area contributed by atoms with E-state index in [1.165, 1.54) is 19.3 Å². The molecule has 0 aromatic rings. The molecule has 2 aliphatic carbocycles. The Morgan fingerprint density at radius 2 is 2.15 bits per heavy atom. The minimum absolute atomic E-state index is 0.404. The lowest BCUT2D eigenvalue weighted by Crippen LogP contribution is -2.56. The van der Waals surface area contributed by atoms with Crippen LogP contribution in [0.3, 0.4) is 0 Å². The maximum atomic E-state index is 11.9. The van der Waals surface area contributed by atoms with Gasteiger partial charge in [-0.05, 0) is 31.1 Å². The second-order valence-electron chi connectivity index (χ2n) is 5.07. The van der Waals surface area contributed by atoms with E-state index < -0.39 is 0 Å². The second-order valence-corrected chi connectivity index (χ2v) is 5.07. The first-order valence-electron chi connectivity index (χ1n) is 5.58. The maximum absolute atomic E-state index is 11.9. The molecule has 3 aliphatic rings. The number of fused-ring (bicyclic) bond motifs is 1. The Hall–Kier alpha value is -0.530. The van der Waals surface area contributed by atoms with Crippen molar-refractivity contribution in [2.24, 2.45) is 17.8 Å². The van der Waals surface area contributed by atoms with Gasteiger partial charge < -0.3 is 4.90 Å². The third-order valence-corrected chi connectivity index (χ3v) is 4.16. The lowest BCUT2D eigenvalue weighted by atomic mass is 9.91. The highest BCUT2D eigenvalue weighted by Crippen LogP contribution is 2.45. The molecule has 0 aromatic heterocycles. The summed E-state index contributed by atoms with van der Waals surface area (Å²) in [6, 6.07) is 0.653. The molecule has 2 heteroatoms. The second kappa shape index (κ2) is 2.49. The summed E-state index contributed by atoms with van der Waals surface area (Å²) in [5, 5.41) is 0. The van der Waals surface area contributed by atoms with Gasteiger partial charge in [0, 0.05) is 18.5 Å². The van der Waals surface area contributed by atoms with Crippen molar-refractivity contribution in [1.82, 2.24) is 4.90 Å². The number of hydrogen-bond acceptors (Lipinski definition) is 1. The van der Waals surface area contributed by atoms with Gasteiger partial charge in [-0.3, -0.25) is 4.79 Å². The quantitative estimate of drug-likeness (QED) is 0.599. The Morgan fingerprint density at radius 3 is 2.77 bits per heavy atom. The molecule has 0 spiro atoms. The number of nitrogens with zero attached hydrogens (tertiary/aromatic N) is 1. The van der Waals surface area contributed by atoms with E-state index in [9.17, 15) is 4.79 Å². The van der Waals surface area contributed by atoms with E-state index in [0.29, 0.717) is 23.8 Å². The first-order chi connectivity index (χ1) is 6.27. The topological polar surface area (TPSA) is 20.3 Å². The van der Waals surface area contributed by atoms with Crippen LogP contribution >= 0.6 is 0 Å². The van der Waals surface area contributed by atoms with Gasteiger partial charge in [0.15, 0.2) is 0 Å². The SMILES string of the molecule is CC1CC1C(=O)N1CC2CCCC21. The fraction of sp³-hybridized carbons (Fsp3) is 0.909. The van der Waals surface area contributed by atoms with E-state index in [1.807, 2.05) is 0 Å². The molecule has 3 rings (SSSR count). The Bertz CT molecular complexity index is 250. The zero-order valence-electron chi connectivity index (χ0n) is 8.20. The number of carbonyl (C=O) groups is 1. The van der Waals surface area contributed by atoms with E-state index in [0.717, 1.165) is 18.9 Å². The molecule has 0 N–H and O–H groups in total. The van der Waals surface area contributed by atoms with E-state index >= 15 is 0 Å². The Balaban J connectivity index is 1.64. The smallest absolute Gasteiger partial charge is 0.226 e. The van der Waals surface area contributed by atoms with E-state index in [4.69, 9.17) is 0 Å².